The molecule has 0 aliphatic heterocycles. The molecule has 4 aromatic rings. The lowest BCUT2D eigenvalue weighted by molar-refractivity contribution is -0.138. The molecular formula is C27H24FN5O5. The third kappa shape index (κ3) is 5.17. The van der Waals surface area contributed by atoms with Crippen molar-refractivity contribution in [3.63, 3.8) is 0 Å². The number of carboxylic acids is 1. The number of pyridine rings is 1. The first-order valence-electron chi connectivity index (χ1n) is 11.9. The zero-order valence-corrected chi connectivity index (χ0v) is 20.4. The van der Waals surface area contributed by atoms with Crippen LogP contribution in [0.5, 0.6) is 11.6 Å². The van der Waals surface area contributed by atoms with Gasteiger partial charge in [-0.25, -0.2) is 23.5 Å². The minimum absolute atomic E-state index is 0.00684. The van der Waals surface area contributed by atoms with Crippen LogP contribution in [0.2, 0.25) is 0 Å². The number of aryl methyl sites for hydroxylation is 1. The van der Waals surface area contributed by atoms with Crippen molar-refractivity contribution in [2.75, 3.05) is 5.32 Å². The lowest BCUT2D eigenvalue weighted by atomic mass is 10.1. The molecule has 38 heavy (non-hydrogen) atoms. The zero-order chi connectivity index (χ0) is 26.9. The highest BCUT2D eigenvalue weighted by atomic mass is 19.1. The van der Waals surface area contributed by atoms with Gasteiger partial charge in [0.2, 0.25) is 5.95 Å². The summed E-state index contributed by atoms with van der Waals surface area (Å²) in [4.78, 5) is 46.0. The Balaban J connectivity index is 1.49. The number of benzene rings is 2. The van der Waals surface area contributed by atoms with Crippen LogP contribution in [0, 0.1) is 12.7 Å². The van der Waals surface area contributed by atoms with E-state index in [-0.39, 0.29) is 24.8 Å². The fourth-order valence-electron chi connectivity index (χ4n) is 4.21. The van der Waals surface area contributed by atoms with Crippen molar-refractivity contribution in [3.05, 3.63) is 105 Å². The van der Waals surface area contributed by atoms with Crippen LogP contribution in [0.15, 0.2) is 76.4 Å². The second kappa shape index (κ2) is 9.92. The minimum atomic E-state index is -1.09. The summed E-state index contributed by atoms with van der Waals surface area (Å²) in [5.41, 5.74) is -0.183. The van der Waals surface area contributed by atoms with Gasteiger partial charge in [-0.1, -0.05) is 29.8 Å². The van der Waals surface area contributed by atoms with E-state index in [1.807, 2.05) is 31.2 Å². The molecule has 0 atom stereocenters. The van der Waals surface area contributed by atoms with E-state index in [0.29, 0.717) is 24.3 Å². The van der Waals surface area contributed by atoms with Gasteiger partial charge in [-0.15, -0.1) is 0 Å². The average Bonchev–Trinajstić information content (AvgIpc) is 3.64. The molecule has 2 N–H and O–H groups in total. The van der Waals surface area contributed by atoms with E-state index >= 15 is 0 Å². The van der Waals surface area contributed by atoms with Gasteiger partial charge in [-0.05, 0) is 61.7 Å². The maximum atomic E-state index is 13.8. The number of anilines is 2. The predicted octanol–water partition coefficient (Wildman–Crippen LogP) is 3.80. The number of aliphatic carboxylic acids is 1. The Morgan fingerprint density at radius 3 is 2.45 bits per heavy atom. The molecule has 5 rings (SSSR count). The Bertz CT molecular complexity index is 1610. The molecule has 2 aromatic heterocycles. The molecule has 0 radical (unpaired) electrons. The van der Waals surface area contributed by atoms with Gasteiger partial charge in [0.05, 0.1) is 18.5 Å². The quantitative estimate of drug-likeness (QED) is 0.343. The summed E-state index contributed by atoms with van der Waals surface area (Å²) in [7, 11) is 0. The summed E-state index contributed by atoms with van der Waals surface area (Å²) in [5, 5.41) is 12.4. The van der Waals surface area contributed by atoms with E-state index in [0.717, 1.165) is 15.7 Å². The Labute approximate surface area is 216 Å². The number of rotatable bonds is 9. The van der Waals surface area contributed by atoms with Gasteiger partial charge in [0, 0.05) is 11.9 Å². The second-order valence-electron chi connectivity index (χ2n) is 9.24. The van der Waals surface area contributed by atoms with Gasteiger partial charge in [-0.2, -0.15) is 4.98 Å². The highest BCUT2D eigenvalue weighted by molar-refractivity contribution is 5.68. The fourth-order valence-corrected chi connectivity index (χ4v) is 4.21. The molecule has 194 valence electrons. The molecule has 1 aliphatic rings. The van der Waals surface area contributed by atoms with Crippen molar-refractivity contribution < 1.29 is 19.0 Å². The number of aromatic nitrogens is 4. The molecule has 0 bridgehead atoms. The number of nitrogens with one attached hydrogen (secondary N) is 1. The third-order valence-corrected chi connectivity index (χ3v) is 6.36. The van der Waals surface area contributed by atoms with Crippen LogP contribution in [0.3, 0.4) is 0 Å². The molecule has 11 heteroatoms. The minimum Gasteiger partial charge on any atom is -0.481 e. The first-order valence-corrected chi connectivity index (χ1v) is 11.9. The lowest BCUT2D eigenvalue weighted by Gasteiger charge is -2.20. The smallest absolute Gasteiger partial charge is 0.355 e. The fraction of sp³-hybridized carbons (Fsp3) is 0.222. The lowest BCUT2D eigenvalue weighted by Crippen LogP contribution is -2.48. The van der Waals surface area contributed by atoms with Gasteiger partial charge in [-0.3, -0.25) is 9.36 Å². The van der Waals surface area contributed by atoms with Crippen molar-refractivity contribution >= 4 is 17.6 Å². The summed E-state index contributed by atoms with van der Waals surface area (Å²) < 4.78 is 21.6. The molecule has 10 nitrogen and oxygen atoms in total. The van der Waals surface area contributed by atoms with Crippen LogP contribution in [-0.2, 0) is 16.9 Å². The summed E-state index contributed by atoms with van der Waals surface area (Å²) in [5.74, 6) is -1.52. The number of halogens is 1. The van der Waals surface area contributed by atoms with Gasteiger partial charge >= 0.3 is 17.3 Å². The first-order chi connectivity index (χ1) is 18.2. The summed E-state index contributed by atoms with van der Waals surface area (Å²) >= 11 is 0. The van der Waals surface area contributed by atoms with Crippen LogP contribution < -0.4 is 21.4 Å². The van der Waals surface area contributed by atoms with Gasteiger partial charge in [0.25, 0.3) is 5.88 Å². The predicted molar refractivity (Wildman–Crippen MR) is 136 cm³/mol. The summed E-state index contributed by atoms with van der Waals surface area (Å²) in [6.07, 6.45) is 1.90. The Kier molecular flexibility index (Phi) is 6.50. The molecule has 0 spiro atoms. The van der Waals surface area contributed by atoms with Crippen molar-refractivity contribution in [2.45, 2.75) is 38.3 Å². The number of hydrogen-bond acceptors (Lipinski definition) is 7. The van der Waals surface area contributed by atoms with Crippen molar-refractivity contribution in [3.8, 4) is 11.6 Å². The van der Waals surface area contributed by atoms with Crippen molar-refractivity contribution in [1.82, 2.24) is 19.1 Å². The average molecular weight is 518 g/mol. The molecule has 1 aliphatic carbocycles. The molecule has 1 fully saturated rings. The SMILES string of the molecule is Cc1ccc(Cn2c(Nc3ccc(Oc4ncccc4F)cc3)nc(=O)n(C3(CC(=O)O)CC3)c2=O)cc1. The maximum absolute atomic E-state index is 13.8. The molecule has 0 amide bonds. The van der Waals surface area contributed by atoms with E-state index in [9.17, 15) is 23.9 Å². The third-order valence-electron chi connectivity index (χ3n) is 6.36. The second-order valence-corrected chi connectivity index (χ2v) is 9.24. The number of carbonyl (C=O) groups is 1. The topological polar surface area (TPSA) is 128 Å². The molecule has 0 unspecified atom stereocenters. The largest absolute Gasteiger partial charge is 0.481 e. The highest BCUT2D eigenvalue weighted by Crippen LogP contribution is 2.44. The van der Waals surface area contributed by atoms with E-state index in [1.165, 1.54) is 22.9 Å². The molecule has 0 saturated heterocycles. The normalized spacial score (nSPS) is 13.6. The molecule has 2 aromatic carbocycles. The highest BCUT2D eigenvalue weighted by Gasteiger charge is 2.49. The van der Waals surface area contributed by atoms with E-state index in [1.54, 1.807) is 24.3 Å². The first kappa shape index (κ1) is 24.9. The van der Waals surface area contributed by atoms with Gasteiger partial charge in [0.15, 0.2) is 5.82 Å². The number of ether oxygens (including phenoxy) is 1. The van der Waals surface area contributed by atoms with Crippen LogP contribution in [0.1, 0.15) is 30.4 Å². The van der Waals surface area contributed by atoms with E-state index < -0.39 is 28.7 Å². The van der Waals surface area contributed by atoms with Gasteiger partial charge < -0.3 is 15.2 Å². The summed E-state index contributed by atoms with van der Waals surface area (Å²) in [6.45, 7) is 2.06. The number of hydrogen-bond donors (Lipinski definition) is 2. The van der Waals surface area contributed by atoms with Crippen LogP contribution >= 0.6 is 0 Å². The Hall–Kier alpha value is -4.80. The zero-order valence-electron chi connectivity index (χ0n) is 20.4. The molecular weight excluding hydrogens is 493 g/mol. The molecule has 2 heterocycles. The van der Waals surface area contributed by atoms with Crippen molar-refractivity contribution in [2.24, 2.45) is 0 Å². The van der Waals surface area contributed by atoms with Gasteiger partial charge in [0.1, 0.15) is 5.75 Å². The Morgan fingerprint density at radius 2 is 1.82 bits per heavy atom. The van der Waals surface area contributed by atoms with E-state index in [4.69, 9.17) is 4.74 Å². The van der Waals surface area contributed by atoms with Crippen LogP contribution in [0.4, 0.5) is 16.0 Å². The Morgan fingerprint density at radius 1 is 1.11 bits per heavy atom. The maximum Gasteiger partial charge on any atom is 0.355 e. The standard InChI is InChI=1S/C27H24FN5O5/c1-17-4-6-18(7-5-17)16-32-24(31-25(36)33(26(32)37)27(12-13-27)15-22(34)35)30-19-8-10-20(11-9-19)38-23-21(28)3-2-14-29-23/h2-11,14H,12-13,15-16H2,1H3,(H,34,35)(H,30,31,36). The summed E-state index contributed by atoms with van der Waals surface area (Å²) in [6, 6.07) is 16.6. The number of carboxylic acid groups (broad SMARTS) is 1. The van der Waals surface area contributed by atoms with Crippen LogP contribution in [0.25, 0.3) is 0 Å². The molecule has 1 saturated carbocycles. The van der Waals surface area contributed by atoms with Crippen LogP contribution in [-0.4, -0.2) is 30.2 Å². The monoisotopic (exact) mass is 517 g/mol. The number of nitrogens with zero attached hydrogens (tertiary/aromatic N) is 4. The van der Waals surface area contributed by atoms with Crippen molar-refractivity contribution in [1.29, 1.82) is 0 Å². The van der Waals surface area contributed by atoms with E-state index in [2.05, 4.69) is 15.3 Å².